The fourth-order valence-corrected chi connectivity index (χ4v) is 2.73. The van der Waals surface area contributed by atoms with Gasteiger partial charge in [0.2, 0.25) is 11.8 Å². The van der Waals surface area contributed by atoms with Crippen molar-refractivity contribution in [3.63, 3.8) is 0 Å². The van der Waals surface area contributed by atoms with Gasteiger partial charge < -0.3 is 14.8 Å². The Morgan fingerprint density at radius 1 is 1.30 bits per heavy atom. The number of hydrogen-bond acceptors (Lipinski definition) is 6. The summed E-state index contributed by atoms with van der Waals surface area (Å²) >= 11 is 1.57. The summed E-state index contributed by atoms with van der Waals surface area (Å²) in [5.41, 5.74) is 1.80. The van der Waals surface area contributed by atoms with Gasteiger partial charge in [0.15, 0.2) is 4.96 Å². The lowest BCUT2D eigenvalue weighted by molar-refractivity contribution is 0.394. The molecular formula is C13H14N4O2S. The third kappa shape index (κ3) is 2.16. The maximum absolute atomic E-state index is 5.32. The zero-order valence-corrected chi connectivity index (χ0v) is 12.0. The topological polar surface area (TPSA) is 60.7 Å². The molecule has 3 rings (SSSR count). The van der Waals surface area contributed by atoms with Crippen LogP contribution in [-0.2, 0) is 6.54 Å². The van der Waals surface area contributed by atoms with Crippen LogP contribution in [-0.4, -0.2) is 28.6 Å². The zero-order chi connectivity index (χ0) is 13.9. The van der Waals surface area contributed by atoms with Gasteiger partial charge in [-0.15, -0.1) is 11.3 Å². The van der Waals surface area contributed by atoms with Gasteiger partial charge in [0.1, 0.15) is 5.69 Å². The first-order valence-corrected chi connectivity index (χ1v) is 6.92. The molecule has 20 heavy (non-hydrogen) atoms. The highest BCUT2D eigenvalue weighted by Gasteiger charge is 2.14. The van der Waals surface area contributed by atoms with Crippen molar-refractivity contribution in [2.24, 2.45) is 0 Å². The van der Waals surface area contributed by atoms with Crippen LogP contribution in [0.3, 0.4) is 0 Å². The largest absolute Gasteiger partial charge is 0.480 e. The molecular weight excluding hydrogens is 276 g/mol. The van der Waals surface area contributed by atoms with Gasteiger partial charge in [-0.25, -0.2) is 4.98 Å². The number of fused-ring (bicyclic) bond motifs is 1. The van der Waals surface area contributed by atoms with Crippen molar-refractivity contribution < 1.29 is 9.47 Å². The molecule has 0 atom stereocenters. The van der Waals surface area contributed by atoms with Crippen LogP contribution in [0.1, 0.15) is 5.69 Å². The molecule has 104 valence electrons. The fourth-order valence-electron chi connectivity index (χ4n) is 2.00. The van der Waals surface area contributed by atoms with Crippen molar-refractivity contribution in [2.75, 3.05) is 19.5 Å². The Morgan fingerprint density at radius 3 is 2.95 bits per heavy atom. The average Bonchev–Trinajstić information content (AvgIpc) is 3.06. The maximum atomic E-state index is 5.32. The highest BCUT2D eigenvalue weighted by Crippen LogP contribution is 2.26. The van der Waals surface area contributed by atoms with Crippen molar-refractivity contribution in [1.29, 1.82) is 0 Å². The van der Waals surface area contributed by atoms with Crippen LogP contribution in [0.15, 0.2) is 29.9 Å². The van der Waals surface area contributed by atoms with E-state index in [0.717, 1.165) is 16.3 Å². The molecule has 0 radical (unpaired) electrons. The van der Waals surface area contributed by atoms with E-state index in [-0.39, 0.29) is 0 Å². The molecule has 3 aromatic rings. The lowest BCUT2D eigenvalue weighted by atomic mass is 10.3. The number of rotatable bonds is 5. The number of thiazole rings is 1. The maximum Gasteiger partial charge on any atom is 0.238 e. The molecule has 0 aliphatic rings. The Labute approximate surface area is 120 Å². The van der Waals surface area contributed by atoms with Crippen molar-refractivity contribution in [3.05, 3.63) is 35.6 Å². The molecule has 0 aliphatic carbocycles. The number of nitrogens with one attached hydrogen (secondary N) is 1. The Kier molecular flexibility index (Phi) is 3.42. The van der Waals surface area contributed by atoms with E-state index in [1.165, 1.54) is 0 Å². The predicted octanol–water partition coefficient (Wildman–Crippen LogP) is 2.42. The molecule has 0 fully saturated rings. The molecule has 3 heterocycles. The van der Waals surface area contributed by atoms with Crippen LogP contribution in [0.25, 0.3) is 4.96 Å². The minimum Gasteiger partial charge on any atom is -0.480 e. The van der Waals surface area contributed by atoms with Gasteiger partial charge in [-0.2, -0.15) is 4.98 Å². The Bertz CT molecular complexity index is 722. The van der Waals surface area contributed by atoms with E-state index in [1.807, 2.05) is 28.1 Å². The van der Waals surface area contributed by atoms with E-state index in [4.69, 9.17) is 9.47 Å². The SMILES string of the molecule is COc1ncccc1NCc1c(OC)nc2sccn12. The molecule has 0 spiro atoms. The third-order valence-corrected chi connectivity index (χ3v) is 3.69. The second kappa shape index (κ2) is 5.38. The number of methoxy groups -OCH3 is 2. The van der Waals surface area contributed by atoms with E-state index >= 15 is 0 Å². The quantitative estimate of drug-likeness (QED) is 0.782. The highest BCUT2D eigenvalue weighted by molar-refractivity contribution is 7.15. The Hall–Kier alpha value is -2.28. The van der Waals surface area contributed by atoms with Crippen LogP contribution < -0.4 is 14.8 Å². The standard InChI is InChI=1S/C13H14N4O2S/c1-18-11-9(4-3-5-14-11)15-8-10-12(19-2)16-13-17(10)6-7-20-13/h3-7,15H,8H2,1-2H3. The van der Waals surface area contributed by atoms with Crippen LogP contribution >= 0.6 is 11.3 Å². The van der Waals surface area contributed by atoms with Crippen LogP contribution in [0.5, 0.6) is 11.8 Å². The van der Waals surface area contributed by atoms with Gasteiger partial charge >= 0.3 is 0 Å². The van der Waals surface area contributed by atoms with Crippen molar-refractivity contribution in [1.82, 2.24) is 14.4 Å². The number of hydrogen-bond donors (Lipinski definition) is 1. The van der Waals surface area contributed by atoms with E-state index in [0.29, 0.717) is 18.3 Å². The van der Waals surface area contributed by atoms with E-state index in [2.05, 4.69) is 15.3 Å². The molecule has 0 aromatic carbocycles. The lowest BCUT2D eigenvalue weighted by Gasteiger charge is -2.10. The molecule has 3 aromatic heterocycles. The minimum atomic E-state index is 0.567. The van der Waals surface area contributed by atoms with Gasteiger partial charge in [0.05, 0.1) is 26.5 Å². The molecule has 0 bridgehead atoms. The number of nitrogens with zero attached hydrogens (tertiary/aromatic N) is 3. The summed E-state index contributed by atoms with van der Waals surface area (Å²) in [6.45, 7) is 0.573. The summed E-state index contributed by atoms with van der Waals surface area (Å²) in [6, 6.07) is 3.78. The van der Waals surface area contributed by atoms with E-state index in [1.54, 1.807) is 31.8 Å². The smallest absolute Gasteiger partial charge is 0.238 e. The third-order valence-electron chi connectivity index (χ3n) is 2.93. The molecule has 0 unspecified atom stereocenters. The summed E-state index contributed by atoms with van der Waals surface area (Å²) in [5, 5.41) is 5.30. The van der Waals surface area contributed by atoms with Gasteiger partial charge in [-0.3, -0.25) is 4.40 Å². The fraction of sp³-hybridized carbons (Fsp3) is 0.231. The first kappa shape index (κ1) is 12.7. The van der Waals surface area contributed by atoms with Gasteiger partial charge in [0.25, 0.3) is 0 Å². The highest BCUT2D eigenvalue weighted by atomic mass is 32.1. The normalized spacial score (nSPS) is 10.7. The second-order valence-corrected chi connectivity index (χ2v) is 4.91. The molecule has 1 N–H and O–H groups in total. The molecule has 0 aliphatic heterocycles. The number of ether oxygens (including phenoxy) is 2. The first-order chi connectivity index (χ1) is 9.83. The van der Waals surface area contributed by atoms with Gasteiger partial charge in [0, 0.05) is 17.8 Å². The zero-order valence-electron chi connectivity index (χ0n) is 11.2. The first-order valence-electron chi connectivity index (χ1n) is 6.04. The van der Waals surface area contributed by atoms with Crippen molar-refractivity contribution >= 4 is 22.0 Å². The van der Waals surface area contributed by atoms with Crippen LogP contribution in [0.2, 0.25) is 0 Å². The summed E-state index contributed by atoms with van der Waals surface area (Å²) in [7, 11) is 3.23. The molecule has 7 heteroatoms. The number of imidazole rings is 1. The predicted molar refractivity (Wildman–Crippen MR) is 77.7 cm³/mol. The van der Waals surface area contributed by atoms with E-state index in [9.17, 15) is 0 Å². The number of anilines is 1. The molecule has 0 amide bonds. The lowest BCUT2D eigenvalue weighted by Crippen LogP contribution is -2.05. The monoisotopic (exact) mass is 290 g/mol. The molecule has 6 nitrogen and oxygen atoms in total. The molecule has 0 saturated carbocycles. The summed E-state index contributed by atoms with van der Waals surface area (Å²) in [6.07, 6.45) is 3.67. The van der Waals surface area contributed by atoms with Crippen molar-refractivity contribution in [3.8, 4) is 11.8 Å². The minimum absolute atomic E-state index is 0.567. The van der Waals surface area contributed by atoms with Gasteiger partial charge in [-0.05, 0) is 12.1 Å². The number of pyridine rings is 1. The van der Waals surface area contributed by atoms with Crippen LogP contribution in [0.4, 0.5) is 5.69 Å². The summed E-state index contributed by atoms with van der Waals surface area (Å²) in [5.74, 6) is 1.20. The average molecular weight is 290 g/mol. The molecule has 0 saturated heterocycles. The number of aromatic nitrogens is 3. The Morgan fingerprint density at radius 2 is 2.15 bits per heavy atom. The Balaban J connectivity index is 1.87. The summed E-state index contributed by atoms with van der Waals surface area (Å²) < 4.78 is 12.6. The van der Waals surface area contributed by atoms with Crippen LogP contribution in [0, 0.1) is 0 Å². The summed E-state index contributed by atoms with van der Waals surface area (Å²) in [4.78, 5) is 9.49. The van der Waals surface area contributed by atoms with Crippen molar-refractivity contribution in [2.45, 2.75) is 6.54 Å². The second-order valence-electron chi connectivity index (χ2n) is 4.04. The van der Waals surface area contributed by atoms with Gasteiger partial charge in [-0.1, -0.05) is 0 Å². The van der Waals surface area contributed by atoms with E-state index < -0.39 is 0 Å².